The van der Waals surface area contributed by atoms with Gasteiger partial charge in [0, 0.05) is 13.1 Å². The Morgan fingerprint density at radius 2 is 2.15 bits per heavy atom. The zero-order valence-corrected chi connectivity index (χ0v) is 8.71. The Hall–Kier alpha value is -0.830. The molecule has 0 radical (unpaired) electrons. The van der Waals surface area contributed by atoms with Crippen LogP contribution in [0.25, 0.3) is 0 Å². The van der Waals surface area contributed by atoms with E-state index in [4.69, 9.17) is 5.11 Å². The third-order valence-electron chi connectivity index (χ3n) is 1.93. The fraction of sp³-hybridized carbons (Fsp3) is 0.700. The quantitative estimate of drug-likeness (QED) is 0.639. The molecule has 0 aliphatic rings. The first kappa shape index (κ1) is 12.2. The minimum atomic E-state index is -0.734. The van der Waals surface area contributed by atoms with Gasteiger partial charge < -0.3 is 10.0 Å². The second-order valence-electron chi connectivity index (χ2n) is 3.71. The molecule has 0 aromatic rings. The summed E-state index contributed by atoms with van der Waals surface area (Å²) >= 11 is 0. The van der Waals surface area contributed by atoms with Gasteiger partial charge in [-0.3, -0.25) is 4.79 Å². The Balaban J connectivity index is 3.67. The average molecular weight is 185 g/mol. The SMILES string of the molecule is C=C(C)CCN(C)CC(C)C(=O)O. The summed E-state index contributed by atoms with van der Waals surface area (Å²) in [5.74, 6) is -1.03. The molecule has 0 saturated heterocycles. The zero-order chi connectivity index (χ0) is 10.4. The van der Waals surface area contributed by atoms with E-state index in [0.717, 1.165) is 18.5 Å². The number of hydrogen-bond acceptors (Lipinski definition) is 2. The molecule has 1 atom stereocenters. The van der Waals surface area contributed by atoms with E-state index in [1.54, 1.807) is 6.92 Å². The fourth-order valence-corrected chi connectivity index (χ4v) is 1.02. The minimum Gasteiger partial charge on any atom is -0.481 e. The average Bonchev–Trinajstić information content (AvgIpc) is 2.00. The largest absolute Gasteiger partial charge is 0.481 e. The number of rotatable bonds is 6. The Labute approximate surface area is 80.0 Å². The highest BCUT2D eigenvalue weighted by atomic mass is 16.4. The van der Waals surface area contributed by atoms with Crippen molar-refractivity contribution in [2.24, 2.45) is 5.92 Å². The third kappa shape index (κ3) is 6.34. The predicted octanol–water partition coefficient (Wildman–Crippen LogP) is 1.61. The van der Waals surface area contributed by atoms with Crippen LogP contribution in [0, 0.1) is 5.92 Å². The van der Waals surface area contributed by atoms with E-state index < -0.39 is 5.97 Å². The van der Waals surface area contributed by atoms with E-state index in [0.29, 0.717) is 6.54 Å². The molecular weight excluding hydrogens is 166 g/mol. The van der Waals surface area contributed by atoms with Gasteiger partial charge in [-0.2, -0.15) is 0 Å². The van der Waals surface area contributed by atoms with Crippen LogP contribution in [0.1, 0.15) is 20.3 Å². The summed E-state index contributed by atoms with van der Waals surface area (Å²) in [6, 6.07) is 0. The van der Waals surface area contributed by atoms with Gasteiger partial charge in [-0.05, 0) is 20.4 Å². The highest BCUT2D eigenvalue weighted by Crippen LogP contribution is 2.01. The Morgan fingerprint density at radius 1 is 1.62 bits per heavy atom. The molecule has 0 bridgehead atoms. The molecule has 0 aliphatic heterocycles. The third-order valence-corrected chi connectivity index (χ3v) is 1.93. The molecule has 0 saturated carbocycles. The van der Waals surface area contributed by atoms with Crippen LogP contribution in [-0.4, -0.2) is 36.1 Å². The fourth-order valence-electron chi connectivity index (χ4n) is 1.02. The monoisotopic (exact) mass is 185 g/mol. The van der Waals surface area contributed by atoms with Crippen LogP contribution in [0.15, 0.2) is 12.2 Å². The molecule has 0 rings (SSSR count). The predicted molar refractivity (Wildman–Crippen MR) is 53.7 cm³/mol. The topological polar surface area (TPSA) is 40.5 Å². The van der Waals surface area contributed by atoms with Gasteiger partial charge >= 0.3 is 5.97 Å². The van der Waals surface area contributed by atoms with E-state index in [9.17, 15) is 4.79 Å². The van der Waals surface area contributed by atoms with E-state index in [1.807, 2.05) is 18.9 Å². The first-order valence-electron chi connectivity index (χ1n) is 4.49. The Bertz CT molecular complexity index is 189. The molecule has 0 aliphatic carbocycles. The molecule has 1 N–H and O–H groups in total. The van der Waals surface area contributed by atoms with Gasteiger partial charge in [0.2, 0.25) is 0 Å². The van der Waals surface area contributed by atoms with Crippen LogP contribution >= 0.6 is 0 Å². The van der Waals surface area contributed by atoms with Crippen molar-refractivity contribution in [2.75, 3.05) is 20.1 Å². The normalized spacial score (nSPS) is 12.9. The Kier molecular flexibility index (Phi) is 5.39. The lowest BCUT2D eigenvalue weighted by molar-refractivity contribution is -0.141. The van der Waals surface area contributed by atoms with E-state index in [-0.39, 0.29) is 5.92 Å². The molecule has 0 amide bonds. The summed E-state index contributed by atoms with van der Waals surface area (Å²) in [6.07, 6.45) is 0.933. The molecular formula is C10H19NO2. The van der Waals surface area contributed by atoms with Gasteiger partial charge in [-0.15, -0.1) is 6.58 Å². The van der Waals surface area contributed by atoms with Crippen molar-refractivity contribution < 1.29 is 9.90 Å². The summed E-state index contributed by atoms with van der Waals surface area (Å²) in [5.41, 5.74) is 1.13. The van der Waals surface area contributed by atoms with Crippen molar-refractivity contribution in [1.29, 1.82) is 0 Å². The number of hydrogen-bond donors (Lipinski definition) is 1. The van der Waals surface area contributed by atoms with E-state index in [1.165, 1.54) is 0 Å². The van der Waals surface area contributed by atoms with Crippen molar-refractivity contribution in [1.82, 2.24) is 4.90 Å². The van der Waals surface area contributed by atoms with Crippen LogP contribution in [0.2, 0.25) is 0 Å². The van der Waals surface area contributed by atoms with Crippen molar-refractivity contribution in [3.05, 3.63) is 12.2 Å². The first-order chi connectivity index (χ1) is 5.93. The lowest BCUT2D eigenvalue weighted by atomic mass is 10.1. The highest BCUT2D eigenvalue weighted by molar-refractivity contribution is 5.69. The number of carbonyl (C=O) groups is 1. The van der Waals surface area contributed by atoms with Gasteiger partial charge in [-0.1, -0.05) is 12.5 Å². The van der Waals surface area contributed by atoms with E-state index in [2.05, 4.69) is 6.58 Å². The molecule has 3 heteroatoms. The molecule has 0 aromatic carbocycles. The van der Waals surface area contributed by atoms with Crippen LogP contribution in [-0.2, 0) is 4.79 Å². The first-order valence-corrected chi connectivity index (χ1v) is 4.49. The van der Waals surface area contributed by atoms with Crippen LogP contribution in [0.5, 0.6) is 0 Å². The van der Waals surface area contributed by atoms with Gasteiger partial charge in [0.1, 0.15) is 0 Å². The number of carboxylic acid groups (broad SMARTS) is 1. The lowest BCUT2D eigenvalue weighted by Gasteiger charge is -2.18. The number of aliphatic carboxylic acids is 1. The maximum atomic E-state index is 10.5. The van der Waals surface area contributed by atoms with Crippen molar-refractivity contribution in [2.45, 2.75) is 20.3 Å². The molecule has 1 unspecified atom stereocenters. The van der Waals surface area contributed by atoms with Crippen molar-refractivity contribution in [3.63, 3.8) is 0 Å². The molecule has 0 spiro atoms. The standard InChI is InChI=1S/C10H19NO2/c1-8(2)5-6-11(4)7-9(3)10(12)13/h9H,1,5-7H2,2-4H3,(H,12,13). The van der Waals surface area contributed by atoms with Gasteiger partial charge in [0.25, 0.3) is 0 Å². The van der Waals surface area contributed by atoms with Gasteiger partial charge in [-0.25, -0.2) is 0 Å². The second kappa shape index (κ2) is 5.75. The molecule has 0 fully saturated rings. The summed E-state index contributed by atoms with van der Waals surface area (Å²) in [6.45, 7) is 8.98. The number of nitrogens with zero attached hydrogens (tertiary/aromatic N) is 1. The summed E-state index contributed by atoms with van der Waals surface area (Å²) < 4.78 is 0. The highest BCUT2D eigenvalue weighted by Gasteiger charge is 2.12. The maximum Gasteiger partial charge on any atom is 0.307 e. The van der Waals surface area contributed by atoms with Crippen LogP contribution < -0.4 is 0 Å². The lowest BCUT2D eigenvalue weighted by Crippen LogP contribution is -2.29. The molecule has 0 heterocycles. The molecule has 3 nitrogen and oxygen atoms in total. The number of carboxylic acids is 1. The molecule has 0 aromatic heterocycles. The van der Waals surface area contributed by atoms with E-state index >= 15 is 0 Å². The Morgan fingerprint density at radius 3 is 2.54 bits per heavy atom. The van der Waals surface area contributed by atoms with Crippen LogP contribution in [0.4, 0.5) is 0 Å². The van der Waals surface area contributed by atoms with Crippen molar-refractivity contribution in [3.8, 4) is 0 Å². The minimum absolute atomic E-state index is 0.296. The summed E-state index contributed by atoms with van der Waals surface area (Å²) in [7, 11) is 1.93. The molecule has 13 heavy (non-hydrogen) atoms. The van der Waals surface area contributed by atoms with Crippen LogP contribution in [0.3, 0.4) is 0 Å². The maximum absolute atomic E-state index is 10.5. The summed E-state index contributed by atoms with van der Waals surface area (Å²) in [5, 5.41) is 8.66. The summed E-state index contributed by atoms with van der Waals surface area (Å²) in [4.78, 5) is 12.5. The smallest absolute Gasteiger partial charge is 0.307 e. The van der Waals surface area contributed by atoms with Crippen molar-refractivity contribution >= 4 is 5.97 Å². The van der Waals surface area contributed by atoms with Gasteiger partial charge in [0.05, 0.1) is 5.92 Å². The molecule has 76 valence electrons. The van der Waals surface area contributed by atoms with Gasteiger partial charge in [0.15, 0.2) is 0 Å². The zero-order valence-electron chi connectivity index (χ0n) is 8.71. The second-order valence-corrected chi connectivity index (χ2v) is 3.71.